The van der Waals surface area contributed by atoms with Crippen molar-refractivity contribution in [1.82, 2.24) is 0 Å². The third kappa shape index (κ3) is 4.30. The van der Waals surface area contributed by atoms with Crippen LogP contribution in [0.3, 0.4) is 0 Å². The molecule has 0 fully saturated rings. The van der Waals surface area contributed by atoms with Crippen molar-refractivity contribution >= 4 is 34.3 Å². The Morgan fingerprint density at radius 2 is 2.08 bits per heavy atom. The number of benzene rings is 1. The molecule has 1 atom stereocenters. The van der Waals surface area contributed by atoms with Crippen molar-refractivity contribution in [2.24, 2.45) is 5.73 Å². The van der Waals surface area contributed by atoms with Crippen LogP contribution in [0.15, 0.2) is 33.5 Å². The van der Waals surface area contributed by atoms with E-state index in [-0.39, 0.29) is 16.7 Å². The van der Waals surface area contributed by atoms with Gasteiger partial charge in [0.1, 0.15) is 5.58 Å². The fourth-order valence-corrected chi connectivity index (χ4v) is 2.58. The van der Waals surface area contributed by atoms with E-state index in [9.17, 15) is 22.8 Å². The molecule has 24 heavy (non-hydrogen) atoms. The number of hydrogen-bond acceptors (Lipinski definition) is 5. The number of rotatable bonds is 5. The fourth-order valence-electron chi connectivity index (χ4n) is 2.09. The zero-order valence-electron chi connectivity index (χ0n) is 12.6. The summed E-state index contributed by atoms with van der Waals surface area (Å²) >= 11 is 1.54. The van der Waals surface area contributed by atoms with Gasteiger partial charge in [0.15, 0.2) is 0 Å². The van der Waals surface area contributed by atoms with Crippen LogP contribution in [0.2, 0.25) is 0 Å². The van der Waals surface area contributed by atoms with Gasteiger partial charge in [-0.3, -0.25) is 4.79 Å². The topological polar surface area (TPSA) is 85.3 Å². The lowest BCUT2D eigenvalue weighted by Crippen LogP contribution is -2.36. The number of thioether (sulfide) groups is 1. The van der Waals surface area contributed by atoms with E-state index in [0.717, 1.165) is 6.07 Å². The maximum absolute atomic E-state index is 13.0. The molecule has 0 spiro atoms. The van der Waals surface area contributed by atoms with Gasteiger partial charge in [-0.1, -0.05) is 0 Å². The quantitative estimate of drug-likeness (QED) is 0.801. The van der Waals surface area contributed by atoms with E-state index in [4.69, 9.17) is 10.2 Å². The monoisotopic (exact) mass is 360 g/mol. The smallest absolute Gasteiger partial charge is 0.417 e. The molecule has 2 rings (SSSR count). The Balaban J connectivity index is 2.32. The lowest BCUT2D eigenvalue weighted by Gasteiger charge is -2.13. The van der Waals surface area contributed by atoms with E-state index in [1.54, 1.807) is 11.8 Å². The Labute approximate surface area is 139 Å². The zero-order valence-corrected chi connectivity index (χ0v) is 13.5. The van der Waals surface area contributed by atoms with Gasteiger partial charge >= 0.3 is 11.8 Å². The molecule has 0 aliphatic heterocycles. The Morgan fingerprint density at radius 1 is 1.38 bits per heavy atom. The van der Waals surface area contributed by atoms with Gasteiger partial charge in [-0.2, -0.15) is 24.9 Å². The van der Waals surface area contributed by atoms with Gasteiger partial charge in [0, 0.05) is 23.2 Å². The summed E-state index contributed by atoms with van der Waals surface area (Å²) in [5.74, 6) is 0.244. The molecule has 0 radical (unpaired) electrons. The summed E-state index contributed by atoms with van der Waals surface area (Å²) in [7, 11) is 0. The number of amides is 1. The van der Waals surface area contributed by atoms with Crippen molar-refractivity contribution in [1.29, 1.82) is 0 Å². The summed E-state index contributed by atoms with van der Waals surface area (Å²) in [6.07, 6.45) is -2.33. The lowest BCUT2D eigenvalue weighted by molar-refractivity contribution is -0.136. The highest BCUT2D eigenvalue weighted by atomic mass is 32.2. The van der Waals surface area contributed by atoms with Gasteiger partial charge in [0.2, 0.25) is 5.91 Å². The van der Waals surface area contributed by atoms with Crippen LogP contribution in [-0.4, -0.2) is 24.0 Å². The minimum atomic E-state index is -4.68. The van der Waals surface area contributed by atoms with E-state index in [0.29, 0.717) is 18.2 Å². The molecule has 0 aliphatic rings. The summed E-state index contributed by atoms with van der Waals surface area (Å²) in [6, 6.07) is 3.28. The van der Waals surface area contributed by atoms with Gasteiger partial charge in [-0.05, 0) is 30.6 Å². The molecule has 0 aliphatic carbocycles. The van der Waals surface area contributed by atoms with Crippen LogP contribution in [0.1, 0.15) is 12.0 Å². The van der Waals surface area contributed by atoms with Crippen LogP contribution < -0.4 is 16.7 Å². The molecular formula is C15H15F3N2O3S. The minimum absolute atomic E-state index is 0.203. The number of carbonyl (C=O) groups excluding carboxylic acids is 1. The van der Waals surface area contributed by atoms with Crippen molar-refractivity contribution in [3.8, 4) is 0 Å². The highest BCUT2D eigenvalue weighted by Gasteiger charge is 2.33. The number of nitrogens with two attached hydrogens (primary N) is 1. The number of hydrogen-bond donors (Lipinski definition) is 2. The number of anilines is 1. The van der Waals surface area contributed by atoms with Gasteiger partial charge < -0.3 is 15.5 Å². The Kier molecular flexibility index (Phi) is 5.55. The third-order valence-electron chi connectivity index (χ3n) is 3.29. The number of halogens is 3. The molecule has 1 aromatic carbocycles. The molecule has 1 aromatic heterocycles. The Hall–Kier alpha value is -2.00. The summed E-state index contributed by atoms with van der Waals surface area (Å²) in [5, 5.41) is 2.25. The van der Waals surface area contributed by atoms with Crippen molar-refractivity contribution in [3.63, 3.8) is 0 Å². The molecule has 1 heterocycles. The number of alkyl halides is 3. The SMILES string of the molecule is CSCC[C@H](N)C(=O)Nc1ccc2c(C(F)(F)F)cc(=O)oc2c1. The van der Waals surface area contributed by atoms with E-state index in [1.807, 2.05) is 6.26 Å². The van der Waals surface area contributed by atoms with E-state index >= 15 is 0 Å². The number of carbonyl (C=O) groups is 1. The predicted molar refractivity (Wildman–Crippen MR) is 87.1 cm³/mol. The molecule has 9 heteroatoms. The Bertz CT molecular complexity index is 805. The highest BCUT2D eigenvalue weighted by molar-refractivity contribution is 7.98. The Morgan fingerprint density at radius 3 is 2.71 bits per heavy atom. The van der Waals surface area contributed by atoms with Crippen LogP contribution >= 0.6 is 11.8 Å². The summed E-state index contributed by atoms with van der Waals surface area (Å²) < 4.78 is 43.7. The first-order chi connectivity index (χ1) is 11.2. The first kappa shape index (κ1) is 18.3. The normalized spacial score (nSPS) is 13.0. The summed E-state index contributed by atoms with van der Waals surface area (Å²) in [5.41, 5.74) is 3.47. The highest BCUT2D eigenvalue weighted by Crippen LogP contribution is 2.34. The molecular weight excluding hydrogens is 345 g/mol. The van der Waals surface area contributed by atoms with Gasteiger partial charge in [0.05, 0.1) is 11.6 Å². The maximum atomic E-state index is 13.0. The molecule has 2 aromatic rings. The number of fused-ring (bicyclic) bond motifs is 1. The second kappa shape index (κ2) is 7.27. The molecule has 1 amide bonds. The van der Waals surface area contributed by atoms with E-state index in [2.05, 4.69) is 5.32 Å². The van der Waals surface area contributed by atoms with Crippen LogP contribution in [0, 0.1) is 0 Å². The van der Waals surface area contributed by atoms with Crippen molar-refractivity contribution in [2.75, 3.05) is 17.3 Å². The zero-order chi connectivity index (χ0) is 17.9. The molecule has 5 nitrogen and oxygen atoms in total. The first-order valence-electron chi connectivity index (χ1n) is 6.93. The van der Waals surface area contributed by atoms with Crippen molar-refractivity contribution < 1.29 is 22.4 Å². The van der Waals surface area contributed by atoms with Crippen molar-refractivity contribution in [3.05, 3.63) is 40.2 Å². The molecule has 130 valence electrons. The number of nitrogens with one attached hydrogen (secondary N) is 1. The maximum Gasteiger partial charge on any atom is 0.417 e. The second-order valence-electron chi connectivity index (χ2n) is 5.07. The second-order valence-corrected chi connectivity index (χ2v) is 6.05. The van der Waals surface area contributed by atoms with Gasteiger partial charge in [0.25, 0.3) is 0 Å². The molecule has 0 saturated carbocycles. The van der Waals surface area contributed by atoms with Gasteiger partial charge in [-0.25, -0.2) is 4.79 Å². The summed E-state index contributed by atoms with van der Waals surface area (Å²) in [4.78, 5) is 23.3. The minimum Gasteiger partial charge on any atom is -0.423 e. The summed E-state index contributed by atoms with van der Waals surface area (Å²) in [6.45, 7) is 0. The largest absolute Gasteiger partial charge is 0.423 e. The van der Waals surface area contributed by atoms with Crippen LogP contribution in [0.5, 0.6) is 0 Å². The first-order valence-corrected chi connectivity index (χ1v) is 8.32. The predicted octanol–water partition coefficient (Wildman–Crippen LogP) is 2.83. The third-order valence-corrected chi connectivity index (χ3v) is 3.93. The van der Waals surface area contributed by atoms with E-state index in [1.165, 1.54) is 12.1 Å². The van der Waals surface area contributed by atoms with E-state index < -0.39 is 29.3 Å². The molecule has 3 N–H and O–H groups in total. The average Bonchev–Trinajstić information content (AvgIpc) is 2.50. The molecule has 0 bridgehead atoms. The average molecular weight is 360 g/mol. The molecule has 0 unspecified atom stereocenters. The van der Waals surface area contributed by atoms with Gasteiger partial charge in [-0.15, -0.1) is 0 Å². The van der Waals surface area contributed by atoms with Crippen LogP contribution in [0.4, 0.5) is 18.9 Å². The standard InChI is InChI=1S/C15H15F3N2O3S/c1-24-5-4-11(19)14(22)20-8-2-3-9-10(15(16,17)18)7-13(21)23-12(9)6-8/h2-3,6-7,11H,4-5,19H2,1H3,(H,20,22)/t11-/m0/s1. The molecule has 0 saturated heterocycles. The van der Waals surface area contributed by atoms with Crippen LogP contribution in [-0.2, 0) is 11.0 Å². The lowest BCUT2D eigenvalue weighted by atomic mass is 10.1. The van der Waals surface area contributed by atoms with Crippen LogP contribution in [0.25, 0.3) is 11.0 Å². The fraction of sp³-hybridized carbons (Fsp3) is 0.333. The van der Waals surface area contributed by atoms with Crippen molar-refractivity contribution in [2.45, 2.75) is 18.6 Å².